The summed E-state index contributed by atoms with van der Waals surface area (Å²) in [4.78, 5) is 10.8. The Morgan fingerprint density at radius 3 is 2.50 bits per heavy atom. The fourth-order valence-corrected chi connectivity index (χ4v) is 0.585. The van der Waals surface area contributed by atoms with Crippen LogP contribution in [-0.4, -0.2) is 16.4 Å². The first kappa shape index (κ1) is 11.9. The van der Waals surface area contributed by atoms with Crippen molar-refractivity contribution in [1.29, 1.82) is 0 Å². The van der Waals surface area contributed by atoms with E-state index in [1.807, 2.05) is 0 Å². The molecule has 0 aromatic heterocycles. The van der Waals surface area contributed by atoms with E-state index in [0.717, 1.165) is 0 Å². The van der Waals surface area contributed by atoms with Crippen LogP contribution in [0.2, 0.25) is 0 Å². The Morgan fingerprint density at radius 1 is 1.50 bits per heavy atom. The Balaban J connectivity index is 3.53. The van der Waals surface area contributed by atoms with Gasteiger partial charge in [-0.3, -0.25) is 0 Å². The zero-order valence-corrected chi connectivity index (χ0v) is 8.42. The lowest BCUT2D eigenvalue weighted by Gasteiger charge is -2.09. The largest absolute Gasteiger partial charge is 0.462 e. The summed E-state index contributed by atoms with van der Waals surface area (Å²) in [6, 6.07) is 0. The average Bonchev–Trinajstić information content (AvgIpc) is 1.96. The maximum Gasteiger partial charge on any atom is 0.358 e. The van der Waals surface area contributed by atoms with Gasteiger partial charge in [-0.1, -0.05) is 34.8 Å². The van der Waals surface area contributed by atoms with Crippen molar-refractivity contribution in [3.63, 3.8) is 0 Å². The van der Waals surface area contributed by atoms with E-state index in [2.05, 4.69) is 10.7 Å². The van der Waals surface area contributed by atoms with E-state index in [1.54, 1.807) is 0 Å². The predicted octanol–water partition coefficient (Wildman–Crippen LogP) is 2.31. The number of hydrogen-bond donors (Lipinski definition) is 0. The molecule has 0 unspecified atom stereocenters. The molecule has 0 aliphatic rings. The van der Waals surface area contributed by atoms with Crippen molar-refractivity contribution in [2.45, 2.75) is 16.6 Å². The van der Waals surface area contributed by atoms with Crippen molar-refractivity contribution in [3.05, 3.63) is 0 Å². The number of carbonyl (C=O) groups is 1. The van der Waals surface area contributed by atoms with Crippen LogP contribution < -0.4 is 0 Å². The lowest BCUT2D eigenvalue weighted by Crippen LogP contribution is -2.22. The Bertz CT molecular complexity index is 190. The van der Waals surface area contributed by atoms with E-state index in [1.165, 1.54) is 0 Å². The van der Waals surface area contributed by atoms with Gasteiger partial charge in [0.1, 0.15) is 0 Å². The van der Waals surface area contributed by atoms with Gasteiger partial charge in [0.2, 0.25) is 0 Å². The fraction of sp³-hybridized carbons (Fsp3) is 0.571. The summed E-state index contributed by atoms with van der Waals surface area (Å²) in [5.41, 5.74) is 0. The van der Waals surface area contributed by atoms with Crippen molar-refractivity contribution in [2.75, 3.05) is 6.61 Å². The zero-order valence-electron chi connectivity index (χ0n) is 6.15. The van der Waals surface area contributed by atoms with Gasteiger partial charge in [0.05, 0.1) is 6.61 Å². The molecule has 0 radical (unpaired) electrons. The van der Waals surface area contributed by atoms with Crippen LogP contribution in [0.5, 0.6) is 0 Å². The third-order valence-corrected chi connectivity index (χ3v) is 1.39. The van der Waals surface area contributed by atoms with Crippen LogP contribution in [0.4, 0.5) is 0 Å². The van der Waals surface area contributed by atoms with E-state index in [9.17, 15) is 4.79 Å². The third kappa shape index (κ3) is 5.54. The molecule has 0 bridgehead atoms. The van der Waals surface area contributed by atoms with Gasteiger partial charge in [0, 0.05) is 6.42 Å². The number of unbranched alkanes of at least 4 members (excludes halogenated alkanes) is 1. The van der Waals surface area contributed by atoms with E-state index < -0.39 is 9.76 Å². The monoisotopic (exact) mass is 228 g/mol. The minimum absolute atomic E-state index is 0.178. The van der Waals surface area contributed by atoms with E-state index >= 15 is 0 Å². The lowest BCUT2D eigenvalue weighted by molar-refractivity contribution is -0.142. The molecule has 5 heteroatoms. The molecule has 0 aromatic rings. The molecule has 0 aliphatic carbocycles. The van der Waals surface area contributed by atoms with E-state index in [4.69, 9.17) is 41.2 Å². The molecule has 0 amide bonds. The minimum atomic E-state index is -1.99. The van der Waals surface area contributed by atoms with Gasteiger partial charge in [-0.15, -0.1) is 12.3 Å². The number of ether oxygens (including phenoxy) is 1. The SMILES string of the molecule is C#CCCCOC(=O)C(Cl)(Cl)Cl. The van der Waals surface area contributed by atoms with Crippen LogP contribution in [0.3, 0.4) is 0 Å². The summed E-state index contributed by atoms with van der Waals surface area (Å²) in [6.07, 6.45) is 6.07. The van der Waals surface area contributed by atoms with E-state index in [-0.39, 0.29) is 6.61 Å². The molecule has 0 spiro atoms. The van der Waals surface area contributed by atoms with Crippen molar-refractivity contribution in [3.8, 4) is 12.3 Å². The number of halogens is 3. The maximum atomic E-state index is 10.8. The highest BCUT2D eigenvalue weighted by atomic mass is 35.6. The van der Waals surface area contributed by atoms with Gasteiger partial charge in [-0.05, 0) is 6.42 Å². The topological polar surface area (TPSA) is 26.3 Å². The summed E-state index contributed by atoms with van der Waals surface area (Å²) >= 11 is 15.6. The second kappa shape index (κ2) is 5.53. The van der Waals surface area contributed by atoms with Gasteiger partial charge in [0.25, 0.3) is 3.79 Å². The first-order valence-electron chi connectivity index (χ1n) is 3.16. The Kier molecular flexibility index (Phi) is 5.48. The smallest absolute Gasteiger partial charge is 0.358 e. The number of rotatable bonds is 3. The first-order valence-corrected chi connectivity index (χ1v) is 4.29. The van der Waals surface area contributed by atoms with Crippen molar-refractivity contribution in [2.24, 2.45) is 0 Å². The lowest BCUT2D eigenvalue weighted by atomic mass is 10.3. The molecule has 0 fully saturated rings. The van der Waals surface area contributed by atoms with Gasteiger partial charge in [-0.25, -0.2) is 4.79 Å². The molecule has 0 atom stereocenters. The normalized spacial score (nSPS) is 10.5. The van der Waals surface area contributed by atoms with Crippen LogP contribution in [0, 0.1) is 12.3 Å². The van der Waals surface area contributed by atoms with Gasteiger partial charge in [0.15, 0.2) is 0 Å². The summed E-state index contributed by atoms with van der Waals surface area (Å²) in [5.74, 6) is 1.52. The Morgan fingerprint density at radius 2 is 2.08 bits per heavy atom. The van der Waals surface area contributed by atoms with Gasteiger partial charge >= 0.3 is 5.97 Å². The maximum absolute atomic E-state index is 10.8. The van der Waals surface area contributed by atoms with Crippen molar-refractivity contribution < 1.29 is 9.53 Å². The second-order valence-electron chi connectivity index (χ2n) is 1.94. The Hall–Kier alpha value is -0.100. The molecular formula is C7H7Cl3O2. The summed E-state index contributed by atoms with van der Waals surface area (Å²) < 4.78 is 2.59. The van der Waals surface area contributed by atoms with Crippen LogP contribution in [-0.2, 0) is 9.53 Å². The number of terminal acetylenes is 1. The molecule has 0 aliphatic heterocycles. The highest BCUT2D eigenvalue weighted by Crippen LogP contribution is 2.27. The molecule has 0 N–H and O–H groups in total. The highest BCUT2D eigenvalue weighted by Gasteiger charge is 2.32. The van der Waals surface area contributed by atoms with E-state index in [0.29, 0.717) is 12.8 Å². The fourth-order valence-electron chi connectivity index (χ4n) is 0.421. The summed E-state index contributed by atoms with van der Waals surface area (Å²) in [5, 5.41) is 0. The number of esters is 1. The van der Waals surface area contributed by atoms with Crippen LogP contribution >= 0.6 is 34.8 Å². The Labute approximate surface area is 86.1 Å². The molecule has 0 saturated carbocycles. The van der Waals surface area contributed by atoms with Crippen molar-refractivity contribution >= 4 is 40.8 Å². The van der Waals surface area contributed by atoms with Crippen LogP contribution in [0.1, 0.15) is 12.8 Å². The minimum Gasteiger partial charge on any atom is -0.462 e. The number of alkyl halides is 3. The molecule has 0 heterocycles. The molecule has 0 saturated heterocycles. The molecule has 68 valence electrons. The highest BCUT2D eigenvalue weighted by molar-refractivity contribution is 6.75. The average molecular weight is 229 g/mol. The summed E-state index contributed by atoms with van der Waals surface area (Å²) in [7, 11) is 0. The quantitative estimate of drug-likeness (QED) is 0.321. The zero-order chi connectivity index (χ0) is 9.61. The number of hydrogen-bond acceptors (Lipinski definition) is 2. The molecule has 2 nitrogen and oxygen atoms in total. The molecule has 0 rings (SSSR count). The van der Waals surface area contributed by atoms with Gasteiger partial charge in [-0.2, -0.15) is 0 Å². The number of carbonyl (C=O) groups excluding carboxylic acids is 1. The second-order valence-corrected chi connectivity index (χ2v) is 4.22. The van der Waals surface area contributed by atoms with Gasteiger partial charge < -0.3 is 4.74 Å². The third-order valence-electron chi connectivity index (χ3n) is 0.930. The van der Waals surface area contributed by atoms with Crippen LogP contribution in [0.15, 0.2) is 0 Å². The summed E-state index contributed by atoms with van der Waals surface area (Å²) in [6.45, 7) is 0.178. The first-order chi connectivity index (χ1) is 5.48. The molecule has 0 aromatic carbocycles. The molecule has 12 heavy (non-hydrogen) atoms. The van der Waals surface area contributed by atoms with Crippen LogP contribution in [0.25, 0.3) is 0 Å². The standard InChI is InChI=1S/C7H7Cl3O2/c1-2-3-4-5-12-6(11)7(8,9)10/h1H,3-5H2. The predicted molar refractivity (Wildman–Crippen MR) is 49.3 cm³/mol. The van der Waals surface area contributed by atoms with Crippen molar-refractivity contribution in [1.82, 2.24) is 0 Å². The molecular weight excluding hydrogens is 222 g/mol.